The molecule has 4 rings (SSSR count). The van der Waals surface area contributed by atoms with Crippen molar-refractivity contribution >= 4 is 16.6 Å². The molecule has 8 heteroatoms. The normalized spacial score (nSPS) is 14.9. The number of benzene rings is 2. The Morgan fingerprint density at radius 2 is 1.86 bits per heavy atom. The van der Waals surface area contributed by atoms with Crippen LogP contribution in [0.25, 0.3) is 10.8 Å². The van der Waals surface area contributed by atoms with Crippen LogP contribution in [-0.2, 0) is 11.3 Å². The van der Waals surface area contributed by atoms with Crippen molar-refractivity contribution in [2.45, 2.75) is 13.0 Å². The van der Waals surface area contributed by atoms with Gasteiger partial charge in [-0.25, -0.2) is 9.89 Å². The van der Waals surface area contributed by atoms with Crippen molar-refractivity contribution in [2.75, 3.05) is 44.3 Å². The van der Waals surface area contributed by atoms with Gasteiger partial charge in [-0.05, 0) is 22.8 Å². The molecule has 0 atom stereocenters. The summed E-state index contributed by atoms with van der Waals surface area (Å²) >= 11 is 0. The monoisotopic (exact) mass is 395 g/mol. The Morgan fingerprint density at radius 1 is 1.07 bits per heavy atom. The Morgan fingerprint density at radius 3 is 2.69 bits per heavy atom. The number of fused-ring (bicyclic) bond motifs is 1. The van der Waals surface area contributed by atoms with Gasteiger partial charge in [0.05, 0.1) is 13.2 Å². The number of hydrogen-bond donors (Lipinski definition) is 2. The number of H-pyrrole nitrogens is 2. The minimum absolute atomic E-state index is 0.236. The van der Waals surface area contributed by atoms with Gasteiger partial charge in [-0.2, -0.15) is 0 Å². The summed E-state index contributed by atoms with van der Waals surface area (Å²) in [5.74, 6) is 0.236. The third-order valence-corrected chi connectivity index (χ3v) is 5.24. The second kappa shape index (κ2) is 9.02. The average Bonchev–Trinajstić information content (AvgIpc) is 2.74. The number of nitrogens with one attached hydrogen (secondary N) is 2. The van der Waals surface area contributed by atoms with Crippen molar-refractivity contribution in [2.24, 2.45) is 0 Å². The van der Waals surface area contributed by atoms with Crippen LogP contribution in [0.4, 0.5) is 5.82 Å². The van der Waals surface area contributed by atoms with Crippen LogP contribution in [0.15, 0.2) is 52.1 Å². The van der Waals surface area contributed by atoms with Crippen LogP contribution < -0.4 is 16.1 Å². The van der Waals surface area contributed by atoms with Gasteiger partial charge in [-0.1, -0.05) is 42.5 Å². The molecule has 0 saturated carbocycles. The zero-order valence-corrected chi connectivity index (χ0v) is 16.3. The van der Waals surface area contributed by atoms with Crippen LogP contribution in [0.1, 0.15) is 12.0 Å². The molecule has 2 N–H and O–H groups in total. The minimum atomic E-state index is -0.600. The van der Waals surface area contributed by atoms with Crippen molar-refractivity contribution in [1.82, 2.24) is 20.1 Å². The molecule has 1 aromatic heterocycles. The second-order valence-corrected chi connectivity index (χ2v) is 7.20. The van der Waals surface area contributed by atoms with E-state index in [-0.39, 0.29) is 5.82 Å². The molecular formula is C21H25N5O3. The molecule has 0 bridgehead atoms. The SMILES string of the molecule is O=c1[nH]nc(N(CCCN2CCOCC2)Cc2cccc3ccccc23)c(=O)[nH]1. The van der Waals surface area contributed by atoms with Gasteiger partial charge in [0, 0.05) is 32.7 Å². The van der Waals surface area contributed by atoms with Crippen molar-refractivity contribution < 1.29 is 4.74 Å². The van der Waals surface area contributed by atoms with E-state index in [1.165, 1.54) is 0 Å². The first-order valence-corrected chi connectivity index (χ1v) is 9.91. The van der Waals surface area contributed by atoms with Crippen LogP contribution in [0.2, 0.25) is 0 Å². The highest BCUT2D eigenvalue weighted by Crippen LogP contribution is 2.21. The maximum atomic E-state index is 12.4. The average molecular weight is 395 g/mol. The van der Waals surface area contributed by atoms with Gasteiger partial charge in [0.2, 0.25) is 5.82 Å². The van der Waals surface area contributed by atoms with E-state index < -0.39 is 11.2 Å². The number of rotatable bonds is 7. The molecule has 2 aromatic carbocycles. The zero-order valence-electron chi connectivity index (χ0n) is 16.3. The van der Waals surface area contributed by atoms with Crippen molar-refractivity contribution in [3.05, 3.63) is 68.9 Å². The molecule has 0 unspecified atom stereocenters. The van der Waals surface area contributed by atoms with Gasteiger partial charge in [-0.3, -0.25) is 14.7 Å². The quantitative estimate of drug-likeness (QED) is 0.627. The van der Waals surface area contributed by atoms with Gasteiger partial charge >= 0.3 is 5.69 Å². The molecule has 152 valence electrons. The number of aromatic nitrogens is 3. The summed E-state index contributed by atoms with van der Waals surface area (Å²) in [5, 5.41) is 8.69. The first-order chi connectivity index (χ1) is 14.2. The lowest BCUT2D eigenvalue weighted by Crippen LogP contribution is -2.39. The number of morpholine rings is 1. The predicted molar refractivity (Wildman–Crippen MR) is 112 cm³/mol. The molecule has 0 radical (unpaired) electrons. The highest BCUT2D eigenvalue weighted by molar-refractivity contribution is 5.85. The molecule has 0 spiro atoms. The van der Waals surface area contributed by atoms with E-state index >= 15 is 0 Å². The highest BCUT2D eigenvalue weighted by Gasteiger charge is 2.16. The van der Waals surface area contributed by atoms with Crippen molar-refractivity contribution in [3.63, 3.8) is 0 Å². The summed E-state index contributed by atoms with van der Waals surface area (Å²) in [6.07, 6.45) is 0.880. The summed E-state index contributed by atoms with van der Waals surface area (Å²) in [4.78, 5) is 30.4. The number of anilines is 1. The standard InChI is InChI=1S/C21H25N5O3/c27-20-19(23-24-21(28)22-20)26(10-4-9-25-11-13-29-14-12-25)15-17-7-3-6-16-5-1-2-8-18(16)17/h1-3,5-8H,4,9-15H2,(H2,22,24,27,28). The molecule has 2 heterocycles. The number of aromatic amines is 2. The van der Waals surface area contributed by atoms with E-state index in [1.54, 1.807) is 0 Å². The van der Waals surface area contributed by atoms with E-state index in [2.05, 4.69) is 44.3 Å². The van der Waals surface area contributed by atoms with Gasteiger partial charge in [-0.15, -0.1) is 5.10 Å². The van der Waals surface area contributed by atoms with E-state index in [0.29, 0.717) is 13.1 Å². The summed E-state index contributed by atoms with van der Waals surface area (Å²) in [7, 11) is 0. The Balaban J connectivity index is 1.57. The second-order valence-electron chi connectivity index (χ2n) is 7.20. The molecule has 3 aromatic rings. The lowest BCUT2D eigenvalue weighted by atomic mass is 10.0. The maximum Gasteiger partial charge on any atom is 0.342 e. The predicted octanol–water partition coefficient (Wildman–Crippen LogP) is 1.34. The molecule has 0 amide bonds. The lowest BCUT2D eigenvalue weighted by Gasteiger charge is -2.28. The first kappa shape index (κ1) is 19.4. The smallest absolute Gasteiger partial charge is 0.342 e. The Labute approximate surface area is 168 Å². The van der Waals surface area contributed by atoms with Gasteiger partial charge in [0.25, 0.3) is 5.56 Å². The number of nitrogens with zero attached hydrogens (tertiary/aromatic N) is 3. The Kier molecular flexibility index (Phi) is 6.02. The zero-order chi connectivity index (χ0) is 20.1. The van der Waals surface area contributed by atoms with Crippen LogP contribution in [0.3, 0.4) is 0 Å². The van der Waals surface area contributed by atoms with Crippen molar-refractivity contribution in [1.29, 1.82) is 0 Å². The van der Waals surface area contributed by atoms with Crippen molar-refractivity contribution in [3.8, 4) is 0 Å². The Bertz CT molecular complexity index is 1070. The fourth-order valence-corrected chi connectivity index (χ4v) is 3.76. The minimum Gasteiger partial charge on any atom is -0.379 e. The highest BCUT2D eigenvalue weighted by atomic mass is 16.5. The van der Waals surface area contributed by atoms with Gasteiger partial charge < -0.3 is 9.64 Å². The maximum absolute atomic E-state index is 12.4. The number of hydrogen-bond acceptors (Lipinski definition) is 6. The summed E-state index contributed by atoms with van der Waals surface area (Å²) in [6.45, 7) is 5.51. The van der Waals surface area contributed by atoms with Gasteiger partial charge in [0.1, 0.15) is 0 Å². The molecule has 8 nitrogen and oxygen atoms in total. The van der Waals surface area contributed by atoms with E-state index in [9.17, 15) is 9.59 Å². The summed E-state index contributed by atoms with van der Waals surface area (Å²) < 4.78 is 5.40. The largest absolute Gasteiger partial charge is 0.379 e. The molecule has 1 aliphatic rings. The fourth-order valence-electron chi connectivity index (χ4n) is 3.76. The topological polar surface area (TPSA) is 94.3 Å². The van der Waals surface area contributed by atoms with E-state index in [0.717, 1.165) is 55.6 Å². The van der Waals surface area contributed by atoms with Crippen LogP contribution >= 0.6 is 0 Å². The Hall–Kier alpha value is -2.97. The van der Waals surface area contributed by atoms with E-state index in [4.69, 9.17) is 4.74 Å². The molecule has 1 aliphatic heterocycles. The van der Waals surface area contributed by atoms with E-state index in [1.807, 2.05) is 23.1 Å². The third-order valence-electron chi connectivity index (χ3n) is 5.24. The molecule has 29 heavy (non-hydrogen) atoms. The van der Waals surface area contributed by atoms with Crippen LogP contribution in [-0.4, -0.2) is 59.5 Å². The van der Waals surface area contributed by atoms with Gasteiger partial charge in [0.15, 0.2) is 0 Å². The first-order valence-electron chi connectivity index (χ1n) is 9.91. The van der Waals surface area contributed by atoms with Crippen LogP contribution in [0.5, 0.6) is 0 Å². The molecular weight excluding hydrogens is 370 g/mol. The molecule has 1 fully saturated rings. The lowest BCUT2D eigenvalue weighted by molar-refractivity contribution is 0.0376. The third kappa shape index (κ3) is 4.72. The summed E-state index contributed by atoms with van der Waals surface area (Å²) in [5.41, 5.74) is 0.0411. The fraction of sp³-hybridized carbons (Fsp3) is 0.381. The molecule has 1 saturated heterocycles. The van der Waals surface area contributed by atoms with Crippen LogP contribution in [0, 0.1) is 0 Å². The summed E-state index contributed by atoms with van der Waals surface area (Å²) in [6, 6.07) is 14.4. The number of ether oxygens (including phenoxy) is 1. The molecule has 0 aliphatic carbocycles.